The van der Waals surface area contributed by atoms with E-state index in [0.29, 0.717) is 13.1 Å². The van der Waals surface area contributed by atoms with Gasteiger partial charge in [-0.3, -0.25) is 4.79 Å². The van der Waals surface area contributed by atoms with Crippen molar-refractivity contribution in [1.29, 1.82) is 0 Å². The number of hydrogen-bond acceptors (Lipinski definition) is 5. The van der Waals surface area contributed by atoms with Gasteiger partial charge in [0.05, 0.1) is 10.9 Å². The van der Waals surface area contributed by atoms with E-state index in [9.17, 15) is 24.2 Å². The molecule has 2 aromatic rings. The number of likely N-dealkylation sites (N-methyl/N-ethyl adjacent to an activating group) is 1. The smallest absolute Gasteiger partial charge is 0.341 e. The average molecular weight is 375 g/mol. The third kappa shape index (κ3) is 2.84. The number of aromatic nitrogens is 1. The number of phenolic OH excluding ortho intramolecular Hbond substituents is 1. The fourth-order valence-electron chi connectivity index (χ4n) is 3.80. The van der Waals surface area contributed by atoms with Gasteiger partial charge in [0.1, 0.15) is 11.3 Å². The SMILES string of the molecule is CC1CN(c2c(F)cc3c(=O)c(C(=O)O)cn(C4CC4)c3c2O)CCN1C. The zero-order valence-corrected chi connectivity index (χ0v) is 15.3. The van der Waals surface area contributed by atoms with Gasteiger partial charge in [-0.25, -0.2) is 9.18 Å². The molecule has 2 fully saturated rings. The van der Waals surface area contributed by atoms with Crippen molar-refractivity contribution in [1.82, 2.24) is 9.47 Å². The molecule has 1 unspecified atom stereocenters. The number of aromatic carboxylic acids is 1. The van der Waals surface area contributed by atoms with Gasteiger partial charge in [0.2, 0.25) is 5.43 Å². The maximum absolute atomic E-state index is 14.9. The molecular formula is C19H22FN3O4. The van der Waals surface area contributed by atoms with E-state index in [1.54, 1.807) is 9.47 Å². The molecule has 0 amide bonds. The number of carboxylic acid groups (broad SMARTS) is 1. The number of fused-ring (bicyclic) bond motifs is 1. The number of carboxylic acids is 1. The third-order valence-corrected chi connectivity index (χ3v) is 5.66. The van der Waals surface area contributed by atoms with E-state index in [1.807, 2.05) is 14.0 Å². The highest BCUT2D eigenvalue weighted by molar-refractivity contribution is 5.96. The van der Waals surface area contributed by atoms with Gasteiger partial charge in [0, 0.05) is 37.9 Å². The maximum atomic E-state index is 14.9. The molecule has 1 saturated carbocycles. The number of rotatable bonds is 3. The Labute approximate surface area is 155 Å². The van der Waals surface area contributed by atoms with Crippen LogP contribution in [0.2, 0.25) is 0 Å². The van der Waals surface area contributed by atoms with E-state index in [4.69, 9.17) is 0 Å². The van der Waals surface area contributed by atoms with Crippen molar-refractivity contribution in [3.05, 3.63) is 33.9 Å². The molecule has 4 rings (SSSR count). The summed E-state index contributed by atoms with van der Waals surface area (Å²) in [5.41, 5.74) is -0.883. The lowest BCUT2D eigenvalue weighted by atomic mass is 10.1. The summed E-state index contributed by atoms with van der Waals surface area (Å²) in [6.07, 6.45) is 2.93. The van der Waals surface area contributed by atoms with E-state index < -0.39 is 22.8 Å². The molecule has 8 heteroatoms. The molecule has 0 bridgehead atoms. The molecule has 1 aliphatic carbocycles. The molecule has 0 spiro atoms. The Morgan fingerprint density at radius 1 is 1.30 bits per heavy atom. The Bertz CT molecular complexity index is 999. The number of halogens is 1. The van der Waals surface area contributed by atoms with Gasteiger partial charge in [-0.05, 0) is 32.9 Å². The first-order chi connectivity index (χ1) is 12.8. The van der Waals surface area contributed by atoms with E-state index in [0.717, 1.165) is 25.5 Å². The molecule has 1 aromatic carbocycles. The number of phenols is 1. The molecule has 1 aliphatic heterocycles. The van der Waals surface area contributed by atoms with E-state index in [1.165, 1.54) is 6.20 Å². The van der Waals surface area contributed by atoms with Crippen LogP contribution >= 0.6 is 0 Å². The van der Waals surface area contributed by atoms with Crippen molar-refractivity contribution in [2.45, 2.75) is 31.8 Å². The van der Waals surface area contributed by atoms with Crippen molar-refractivity contribution >= 4 is 22.6 Å². The van der Waals surface area contributed by atoms with E-state index in [2.05, 4.69) is 4.90 Å². The Balaban J connectivity index is 1.96. The number of hydrogen-bond donors (Lipinski definition) is 2. The van der Waals surface area contributed by atoms with Crippen LogP contribution < -0.4 is 10.3 Å². The van der Waals surface area contributed by atoms with Crippen LogP contribution in [0.25, 0.3) is 10.9 Å². The molecule has 0 radical (unpaired) electrons. The number of anilines is 1. The Kier molecular flexibility index (Phi) is 4.10. The Morgan fingerprint density at radius 3 is 2.59 bits per heavy atom. The number of benzene rings is 1. The van der Waals surface area contributed by atoms with E-state index in [-0.39, 0.29) is 34.4 Å². The number of nitrogens with zero attached hydrogens (tertiary/aromatic N) is 3. The largest absolute Gasteiger partial charge is 0.504 e. The second-order valence-corrected chi connectivity index (χ2v) is 7.54. The zero-order chi connectivity index (χ0) is 19.5. The molecule has 144 valence electrons. The first-order valence-corrected chi connectivity index (χ1v) is 9.08. The molecular weight excluding hydrogens is 353 g/mol. The third-order valence-electron chi connectivity index (χ3n) is 5.66. The summed E-state index contributed by atoms with van der Waals surface area (Å²) >= 11 is 0. The normalized spacial score (nSPS) is 21.0. The minimum atomic E-state index is -1.35. The van der Waals surface area contributed by atoms with Gasteiger partial charge in [-0.15, -0.1) is 0 Å². The minimum Gasteiger partial charge on any atom is -0.504 e. The summed E-state index contributed by atoms with van der Waals surface area (Å²) in [5, 5.41) is 20.2. The van der Waals surface area contributed by atoms with Crippen LogP contribution in [-0.4, -0.2) is 58.4 Å². The lowest BCUT2D eigenvalue weighted by molar-refractivity contribution is 0.0694. The monoisotopic (exact) mass is 375 g/mol. The fourth-order valence-corrected chi connectivity index (χ4v) is 3.80. The van der Waals surface area contributed by atoms with Crippen LogP contribution in [-0.2, 0) is 0 Å². The van der Waals surface area contributed by atoms with Crippen molar-refractivity contribution in [3.8, 4) is 5.75 Å². The fraction of sp³-hybridized carbons (Fsp3) is 0.474. The average Bonchev–Trinajstić information content (AvgIpc) is 3.43. The van der Waals surface area contributed by atoms with Crippen molar-refractivity contribution in [2.75, 3.05) is 31.6 Å². The summed E-state index contributed by atoms with van der Waals surface area (Å²) in [4.78, 5) is 27.9. The second kappa shape index (κ2) is 6.23. The molecule has 2 heterocycles. The number of piperazine rings is 1. The predicted molar refractivity (Wildman–Crippen MR) is 99.4 cm³/mol. The number of aromatic hydroxyl groups is 1. The lowest BCUT2D eigenvalue weighted by Gasteiger charge is -2.39. The van der Waals surface area contributed by atoms with Crippen LogP contribution in [0, 0.1) is 5.82 Å². The Hall–Kier alpha value is -2.61. The quantitative estimate of drug-likeness (QED) is 0.854. The number of carbonyl (C=O) groups is 1. The van der Waals surface area contributed by atoms with Crippen LogP contribution in [0.15, 0.2) is 17.1 Å². The van der Waals surface area contributed by atoms with Crippen molar-refractivity contribution in [3.63, 3.8) is 0 Å². The summed E-state index contributed by atoms with van der Waals surface area (Å²) < 4.78 is 16.6. The molecule has 7 nitrogen and oxygen atoms in total. The molecule has 2 N–H and O–H groups in total. The van der Waals surface area contributed by atoms with Gasteiger partial charge in [-0.1, -0.05) is 0 Å². The lowest BCUT2D eigenvalue weighted by Crippen LogP contribution is -2.50. The summed E-state index contributed by atoms with van der Waals surface area (Å²) in [6.45, 7) is 3.86. The maximum Gasteiger partial charge on any atom is 0.341 e. The van der Waals surface area contributed by atoms with Crippen LogP contribution in [0.3, 0.4) is 0 Å². The highest BCUT2D eigenvalue weighted by atomic mass is 19.1. The van der Waals surface area contributed by atoms with Crippen LogP contribution in [0.4, 0.5) is 10.1 Å². The summed E-state index contributed by atoms with van der Waals surface area (Å²) in [5.74, 6) is -2.35. The summed E-state index contributed by atoms with van der Waals surface area (Å²) in [7, 11) is 2.00. The molecule has 1 saturated heterocycles. The molecule has 27 heavy (non-hydrogen) atoms. The Morgan fingerprint density at radius 2 is 2.00 bits per heavy atom. The highest BCUT2D eigenvalue weighted by Crippen LogP contribution is 2.43. The van der Waals surface area contributed by atoms with Gasteiger partial charge < -0.3 is 24.6 Å². The van der Waals surface area contributed by atoms with Crippen LogP contribution in [0.5, 0.6) is 5.75 Å². The highest BCUT2D eigenvalue weighted by Gasteiger charge is 2.32. The number of pyridine rings is 1. The predicted octanol–water partition coefficient (Wildman–Crippen LogP) is 2.02. The van der Waals surface area contributed by atoms with Gasteiger partial charge >= 0.3 is 5.97 Å². The summed E-state index contributed by atoms with van der Waals surface area (Å²) in [6, 6.07) is 1.27. The van der Waals surface area contributed by atoms with Gasteiger partial charge in [-0.2, -0.15) is 0 Å². The second-order valence-electron chi connectivity index (χ2n) is 7.54. The van der Waals surface area contributed by atoms with Gasteiger partial charge in [0.15, 0.2) is 11.6 Å². The standard InChI is InChI=1S/C19H22FN3O4/c1-10-8-22(6-5-21(10)2)16-14(20)7-12-15(18(16)25)23(11-3-4-11)9-13(17(12)24)19(26)27/h7,9-11,25H,3-6,8H2,1-2H3,(H,26,27). The molecule has 1 atom stereocenters. The minimum absolute atomic E-state index is 0.0156. The molecule has 2 aliphatic rings. The first-order valence-electron chi connectivity index (χ1n) is 9.08. The molecule has 1 aromatic heterocycles. The van der Waals surface area contributed by atoms with E-state index >= 15 is 0 Å². The zero-order valence-electron chi connectivity index (χ0n) is 15.3. The first kappa shape index (κ1) is 17.8. The topological polar surface area (TPSA) is 86.0 Å². The van der Waals surface area contributed by atoms with Crippen molar-refractivity contribution in [2.24, 2.45) is 0 Å². The van der Waals surface area contributed by atoms with Gasteiger partial charge in [0.25, 0.3) is 0 Å². The van der Waals surface area contributed by atoms with Crippen molar-refractivity contribution < 1.29 is 19.4 Å². The van der Waals surface area contributed by atoms with Crippen LogP contribution in [0.1, 0.15) is 36.2 Å².